The standard InChI is InChI=1S/C23H26N4O2/c1-14-15(2)25-19-8-6-17(12-18(14)19)23(29)26-20-13-16(22(24)28)7-9-21(20)27-10-4-3-5-11-27/h6-9,12-13,25H,3-5,10-11H2,1-2H3,(H2,24,28)(H,26,29). The molecule has 6 nitrogen and oxygen atoms in total. The molecule has 2 amide bonds. The minimum atomic E-state index is -0.509. The van der Waals surface area contributed by atoms with E-state index >= 15 is 0 Å². The van der Waals surface area contributed by atoms with Gasteiger partial charge in [0, 0.05) is 40.8 Å². The average molecular weight is 390 g/mol. The highest BCUT2D eigenvalue weighted by atomic mass is 16.2. The third-order valence-electron chi connectivity index (χ3n) is 5.80. The lowest BCUT2D eigenvalue weighted by Crippen LogP contribution is -2.30. The molecule has 1 aliphatic heterocycles. The molecule has 1 aliphatic rings. The van der Waals surface area contributed by atoms with Crippen molar-refractivity contribution in [2.24, 2.45) is 5.73 Å². The van der Waals surface area contributed by atoms with Crippen LogP contribution in [-0.2, 0) is 0 Å². The van der Waals surface area contributed by atoms with E-state index in [0.717, 1.165) is 53.8 Å². The molecule has 4 rings (SSSR count). The number of hydrogen-bond donors (Lipinski definition) is 3. The van der Waals surface area contributed by atoms with Gasteiger partial charge in [0.05, 0.1) is 11.4 Å². The number of hydrogen-bond acceptors (Lipinski definition) is 3. The summed E-state index contributed by atoms with van der Waals surface area (Å²) in [5, 5.41) is 4.05. The van der Waals surface area contributed by atoms with Gasteiger partial charge in [-0.3, -0.25) is 9.59 Å². The molecule has 0 spiro atoms. The number of nitrogens with one attached hydrogen (secondary N) is 2. The Balaban J connectivity index is 1.68. The van der Waals surface area contributed by atoms with E-state index < -0.39 is 5.91 Å². The van der Waals surface area contributed by atoms with E-state index in [1.807, 2.05) is 38.1 Å². The van der Waals surface area contributed by atoms with Crippen LogP contribution in [-0.4, -0.2) is 29.9 Å². The highest BCUT2D eigenvalue weighted by molar-refractivity contribution is 6.08. The van der Waals surface area contributed by atoms with Crippen molar-refractivity contribution in [2.45, 2.75) is 33.1 Å². The van der Waals surface area contributed by atoms with Crippen molar-refractivity contribution >= 4 is 34.1 Å². The minimum absolute atomic E-state index is 0.204. The van der Waals surface area contributed by atoms with Crippen molar-refractivity contribution in [3.05, 3.63) is 58.8 Å². The molecule has 2 heterocycles. The predicted molar refractivity (Wildman–Crippen MR) is 117 cm³/mol. The van der Waals surface area contributed by atoms with Gasteiger partial charge in [-0.25, -0.2) is 0 Å². The Bertz CT molecular complexity index is 1090. The molecular formula is C23H26N4O2. The second-order valence-electron chi connectivity index (χ2n) is 7.73. The third kappa shape index (κ3) is 3.70. The predicted octanol–water partition coefficient (Wildman–Crippen LogP) is 4.13. The first-order chi connectivity index (χ1) is 13.9. The summed E-state index contributed by atoms with van der Waals surface area (Å²) < 4.78 is 0. The summed E-state index contributed by atoms with van der Waals surface area (Å²) in [7, 11) is 0. The maximum absolute atomic E-state index is 13.0. The largest absolute Gasteiger partial charge is 0.370 e. The first kappa shape index (κ1) is 19.1. The molecule has 29 heavy (non-hydrogen) atoms. The number of nitrogens with two attached hydrogens (primary N) is 1. The topological polar surface area (TPSA) is 91.2 Å². The number of aromatic nitrogens is 1. The van der Waals surface area contributed by atoms with Crippen LogP contribution in [0.5, 0.6) is 0 Å². The van der Waals surface area contributed by atoms with Gasteiger partial charge in [-0.05, 0) is 75.1 Å². The monoisotopic (exact) mass is 390 g/mol. The quantitative estimate of drug-likeness (QED) is 0.626. The lowest BCUT2D eigenvalue weighted by Gasteiger charge is -2.30. The van der Waals surface area contributed by atoms with Gasteiger partial charge in [0.15, 0.2) is 0 Å². The second-order valence-corrected chi connectivity index (χ2v) is 7.73. The molecule has 0 unspecified atom stereocenters. The number of aromatic amines is 1. The minimum Gasteiger partial charge on any atom is -0.370 e. The van der Waals surface area contributed by atoms with Gasteiger partial charge in [0.25, 0.3) is 5.91 Å². The Hall–Kier alpha value is -3.28. The zero-order chi connectivity index (χ0) is 20.5. The summed E-state index contributed by atoms with van der Waals surface area (Å²) in [6, 6.07) is 10.9. The van der Waals surface area contributed by atoms with Crippen LogP contribution in [0, 0.1) is 13.8 Å². The Morgan fingerprint density at radius 2 is 1.72 bits per heavy atom. The van der Waals surface area contributed by atoms with E-state index in [1.165, 1.54) is 6.42 Å². The lowest BCUT2D eigenvalue weighted by atomic mass is 10.1. The Kier molecular flexibility index (Phi) is 5.01. The summed E-state index contributed by atoms with van der Waals surface area (Å²) >= 11 is 0. The van der Waals surface area contributed by atoms with Crippen molar-refractivity contribution in [3.63, 3.8) is 0 Å². The zero-order valence-corrected chi connectivity index (χ0v) is 16.8. The van der Waals surface area contributed by atoms with Gasteiger partial charge in [0.2, 0.25) is 5.91 Å². The number of rotatable bonds is 4. The van der Waals surface area contributed by atoms with E-state index in [0.29, 0.717) is 16.8 Å². The molecule has 1 saturated heterocycles. The molecular weight excluding hydrogens is 364 g/mol. The summed E-state index contributed by atoms with van der Waals surface area (Å²) in [6.45, 7) is 5.94. The van der Waals surface area contributed by atoms with Crippen LogP contribution in [0.1, 0.15) is 51.2 Å². The first-order valence-corrected chi connectivity index (χ1v) is 10.0. The van der Waals surface area contributed by atoms with E-state index in [2.05, 4.69) is 15.2 Å². The average Bonchev–Trinajstić information content (AvgIpc) is 3.01. The fourth-order valence-electron chi connectivity index (χ4n) is 4.00. The molecule has 150 valence electrons. The second kappa shape index (κ2) is 7.62. The number of primary amides is 1. The molecule has 0 saturated carbocycles. The van der Waals surface area contributed by atoms with Crippen LogP contribution in [0.2, 0.25) is 0 Å². The number of nitrogens with zero attached hydrogens (tertiary/aromatic N) is 1. The molecule has 1 fully saturated rings. The molecule has 0 aliphatic carbocycles. The fourth-order valence-corrected chi connectivity index (χ4v) is 4.00. The van der Waals surface area contributed by atoms with Crippen molar-refractivity contribution in [2.75, 3.05) is 23.3 Å². The SMILES string of the molecule is Cc1[nH]c2ccc(C(=O)Nc3cc(C(N)=O)ccc3N3CCCCC3)cc2c1C. The van der Waals surface area contributed by atoms with Gasteiger partial charge < -0.3 is 20.9 Å². The van der Waals surface area contributed by atoms with E-state index in [9.17, 15) is 9.59 Å². The van der Waals surface area contributed by atoms with Gasteiger partial charge in [-0.1, -0.05) is 0 Å². The number of amides is 2. The molecule has 1 aromatic heterocycles. The number of piperidine rings is 1. The van der Waals surface area contributed by atoms with E-state index in [-0.39, 0.29) is 5.91 Å². The van der Waals surface area contributed by atoms with Crippen LogP contribution >= 0.6 is 0 Å². The van der Waals surface area contributed by atoms with Crippen LogP contribution in [0.15, 0.2) is 36.4 Å². The van der Waals surface area contributed by atoms with Gasteiger partial charge in [0.1, 0.15) is 0 Å². The highest BCUT2D eigenvalue weighted by Crippen LogP contribution is 2.30. The molecule has 0 atom stereocenters. The number of carbonyl (C=O) groups is 2. The molecule has 2 aromatic carbocycles. The van der Waals surface area contributed by atoms with Crippen LogP contribution in [0.25, 0.3) is 10.9 Å². The Morgan fingerprint density at radius 1 is 1.00 bits per heavy atom. The number of fused-ring (bicyclic) bond motifs is 1. The summed E-state index contributed by atoms with van der Waals surface area (Å²) in [4.78, 5) is 30.3. The van der Waals surface area contributed by atoms with Crippen molar-refractivity contribution in [3.8, 4) is 0 Å². The Morgan fingerprint density at radius 3 is 2.45 bits per heavy atom. The number of anilines is 2. The summed E-state index contributed by atoms with van der Waals surface area (Å²) in [5.74, 6) is -0.712. The highest BCUT2D eigenvalue weighted by Gasteiger charge is 2.18. The maximum Gasteiger partial charge on any atom is 0.255 e. The molecule has 0 bridgehead atoms. The Labute approximate surface area is 170 Å². The number of H-pyrrole nitrogens is 1. The van der Waals surface area contributed by atoms with Crippen molar-refractivity contribution < 1.29 is 9.59 Å². The summed E-state index contributed by atoms with van der Waals surface area (Å²) in [6.07, 6.45) is 3.45. The smallest absolute Gasteiger partial charge is 0.255 e. The lowest BCUT2D eigenvalue weighted by molar-refractivity contribution is 0.0996. The maximum atomic E-state index is 13.0. The van der Waals surface area contributed by atoms with Crippen LogP contribution < -0.4 is 16.0 Å². The normalized spacial score (nSPS) is 14.2. The molecule has 4 N–H and O–H groups in total. The van der Waals surface area contributed by atoms with Crippen LogP contribution in [0.4, 0.5) is 11.4 Å². The van der Waals surface area contributed by atoms with Gasteiger partial charge >= 0.3 is 0 Å². The zero-order valence-electron chi connectivity index (χ0n) is 16.8. The van der Waals surface area contributed by atoms with E-state index in [4.69, 9.17) is 5.73 Å². The number of aryl methyl sites for hydroxylation is 2. The third-order valence-corrected chi connectivity index (χ3v) is 5.80. The molecule has 3 aromatic rings. The molecule has 6 heteroatoms. The van der Waals surface area contributed by atoms with Crippen molar-refractivity contribution in [1.29, 1.82) is 0 Å². The summed E-state index contributed by atoms with van der Waals surface area (Å²) in [5.41, 5.74) is 11.2. The number of benzene rings is 2. The van der Waals surface area contributed by atoms with Crippen molar-refractivity contribution in [1.82, 2.24) is 4.98 Å². The first-order valence-electron chi connectivity index (χ1n) is 10.0. The molecule has 0 radical (unpaired) electrons. The van der Waals surface area contributed by atoms with Crippen LogP contribution in [0.3, 0.4) is 0 Å². The number of carbonyl (C=O) groups excluding carboxylic acids is 2. The van der Waals surface area contributed by atoms with Gasteiger partial charge in [-0.15, -0.1) is 0 Å². The van der Waals surface area contributed by atoms with Gasteiger partial charge in [-0.2, -0.15) is 0 Å². The fraction of sp³-hybridized carbons (Fsp3) is 0.304. The van der Waals surface area contributed by atoms with E-state index in [1.54, 1.807) is 12.1 Å².